The molecule has 0 atom stereocenters. The van der Waals surface area contributed by atoms with E-state index in [-0.39, 0.29) is 0 Å². The summed E-state index contributed by atoms with van der Waals surface area (Å²) in [5.74, 6) is 1.79. The van der Waals surface area contributed by atoms with Gasteiger partial charge in [-0.05, 0) is 19.3 Å². The van der Waals surface area contributed by atoms with Gasteiger partial charge in [0.2, 0.25) is 0 Å². The highest BCUT2D eigenvalue weighted by Gasteiger charge is 1.92. The van der Waals surface area contributed by atoms with Crippen molar-refractivity contribution in [1.82, 2.24) is 0 Å². The molecule has 0 N–H and O–H groups in total. The number of unbranched alkanes of at least 4 members (excludes halogenated alkanes) is 11. The molecule has 0 saturated heterocycles. The van der Waals surface area contributed by atoms with Gasteiger partial charge in [0.15, 0.2) is 0 Å². The van der Waals surface area contributed by atoms with Crippen molar-refractivity contribution in [1.29, 1.82) is 0 Å². The van der Waals surface area contributed by atoms with E-state index in [9.17, 15) is 4.79 Å². The Morgan fingerprint density at radius 3 is 1.79 bits per heavy atom. The maximum atomic E-state index is 9.92. The van der Waals surface area contributed by atoms with Crippen LogP contribution < -0.4 is 0 Å². The molecule has 0 unspecified atom stereocenters. The Bertz CT molecular complexity index is 236. The van der Waals surface area contributed by atoms with E-state index in [1.165, 1.54) is 76.7 Å². The molecule has 0 bridgehead atoms. The molecule has 0 aromatic rings. The number of rotatable bonds is 14. The highest BCUT2D eigenvalue weighted by molar-refractivity contribution is 5.45. The zero-order chi connectivity index (χ0) is 14.0. The molecule has 0 radical (unpaired) electrons. The minimum atomic E-state index is 0.738. The van der Waals surface area contributed by atoms with Crippen LogP contribution in [0.4, 0.5) is 0 Å². The lowest BCUT2D eigenvalue weighted by molar-refractivity contribution is 0.550. The topological polar surface area (TPSA) is 17.1 Å². The minimum absolute atomic E-state index is 0.738. The minimum Gasteiger partial charge on any atom is -0.234 e. The third-order valence-electron chi connectivity index (χ3n) is 3.48. The average Bonchev–Trinajstić information content (AvgIpc) is 2.43. The van der Waals surface area contributed by atoms with E-state index in [2.05, 4.69) is 19.1 Å². The molecule has 0 aromatic carbocycles. The summed E-state index contributed by atoms with van der Waals surface area (Å²) in [6.45, 7) is 2.27. The molecule has 0 aliphatic rings. The Morgan fingerprint density at radius 2 is 1.26 bits per heavy atom. The summed E-state index contributed by atoms with van der Waals surface area (Å²) in [6.07, 6.45) is 23.0. The number of hydrogen-bond donors (Lipinski definition) is 0. The van der Waals surface area contributed by atoms with Crippen molar-refractivity contribution >= 4 is 5.94 Å². The van der Waals surface area contributed by atoms with Crippen LogP contribution in [-0.2, 0) is 4.79 Å². The van der Waals surface area contributed by atoms with Crippen molar-refractivity contribution in [2.75, 3.05) is 0 Å². The van der Waals surface area contributed by atoms with E-state index in [4.69, 9.17) is 0 Å². The van der Waals surface area contributed by atoms with Crippen LogP contribution in [0.3, 0.4) is 0 Å². The first-order valence-corrected chi connectivity index (χ1v) is 8.26. The molecule has 0 aliphatic carbocycles. The zero-order valence-corrected chi connectivity index (χ0v) is 12.8. The van der Waals surface area contributed by atoms with Crippen LogP contribution in [0, 0.1) is 0 Å². The molecule has 19 heavy (non-hydrogen) atoms. The van der Waals surface area contributed by atoms with Crippen LogP contribution in [0.25, 0.3) is 0 Å². The molecule has 1 heteroatoms. The van der Waals surface area contributed by atoms with Crippen LogP contribution in [0.1, 0.15) is 90.4 Å². The van der Waals surface area contributed by atoms with Gasteiger partial charge in [-0.2, -0.15) is 0 Å². The van der Waals surface area contributed by atoms with Gasteiger partial charge in [0.1, 0.15) is 5.94 Å². The second-order valence-electron chi connectivity index (χ2n) is 5.35. The molecule has 0 rings (SSSR count). The summed E-state index contributed by atoms with van der Waals surface area (Å²) in [5, 5.41) is 0. The van der Waals surface area contributed by atoms with Crippen molar-refractivity contribution in [3.8, 4) is 0 Å². The molecule has 0 amide bonds. The van der Waals surface area contributed by atoms with Gasteiger partial charge >= 0.3 is 0 Å². The van der Waals surface area contributed by atoms with Crippen molar-refractivity contribution in [2.45, 2.75) is 90.4 Å². The molecule has 0 aromatic heterocycles. The van der Waals surface area contributed by atoms with Crippen LogP contribution in [0.15, 0.2) is 18.2 Å². The molecular formula is C18H32O. The SMILES string of the molecule is CCCCCCCCCCCCC/C=C/CC=C=O. The maximum absolute atomic E-state index is 9.92. The fourth-order valence-electron chi connectivity index (χ4n) is 2.26. The fourth-order valence-corrected chi connectivity index (χ4v) is 2.26. The van der Waals surface area contributed by atoms with E-state index in [1.807, 2.05) is 0 Å². The summed E-state index contributed by atoms with van der Waals surface area (Å²) in [4.78, 5) is 9.92. The Labute approximate surface area is 120 Å². The summed E-state index contributed by atoms with van der Waals surface area (Å²) in [5.41, 5.74) is 0. The Hall–Kier alpha value is -0.810. The fraction of sp³-hybridized carbons (Fsp3) is 0.778. The van der Waals surface area contributed by atoms with Gasteiger partial charge in [0, 0.05) is 6.08 Å². The lowest BCUT2D eigenvalue weighted by Crippen LogP contribution is -1.81. The predicted octanol–water partition coefficient (Wildman–Crippen LogP) is 6.02. The van der Waals surface area contributed by atoms with Crippen molar-refractivity contribution in [2.24, 2.45) is 0 Å². The van der Waals surface area contributed by atoms with Gasteiger partial charge in [0.05, 0.1) is 0 Å². The van der Waals surface area contributed by atoms with Gasteiger partial charge in [-0.15, -0.1) is 0 Å². The molecule has 0 spiro atoms. The second kappa shape index (κ2) is 17.2. The van der Waals surface area contributed by atoms with Gasteiger partial charge < -0.3 is 0 Å². The standard InChI is InChI=1S/C18H32O/c1-2-3-4-5-6-7-8-9-10-11-12-13-14-15-16-17-18-19/h14-15,17H,2-13,16H2,1H3/b15-14+. The lowest BCUT2D eigenvalue weighted by Gasteiger charge is -2.01. The van der Waals surface area contributed by atoms with Crippen molar-refractivity contribution in [3.05, 3.63) is 18.2 Å². The van der Waals surface area contributed by atoms with Crippen LogP contribution in [0.5, 0.6) is 0 Å². The van der Waals surface area contributed by atoms with E-state index in [0.29, 0.717) is 0 Å². The summed E-state index contributed by atoms with van der Waals surface area (Å²) >= 11 is 0. The molecule has 1 nitrogen and oxygen atoms in total. The number of hydrogen-bond acceptors (Lipinski definition) is 1. The molecule has 0 heterocycles. The summed E-state index contributed by atoms with van der Waals surface area (Å²) in [6, 6.07) is 0. The molecular weight excluding hydrogens is 232 g/mol. The third kappa shape index (κ3) is 17.2. The van der Waals surface area contributed by atoms with Crippen LogP contribution in [0.2, 0.25) is 0 Å². The van der Waals surface area contributed by atoms with E-state index in [0.717, 1.165) is 12.8 Å². The third-order valence-corrected chi connectivity index (χ3v) is 3.48. The smallest absolute Gasteiger partial charge is 0.120 e. The van der Waals surface area contributed by atoms with E-state index >= 15 is 0 Å². The quantitative estimate of drug-likeness (QED) is 0.213. The number of carbonyl (C=O) groups excluding carboxylic acids is 1. The molecule has 110 valence electrons. The largest absolute Gasteiger partial charge is 0.234 e. The Balaban J connectivity index is 3.02. The normalized spacial score (nSPS) is 10.8. The Kier molecular flexibility index (Phi) is 16.5. The monoisotopic (exact) mass is 264 g/mol. The van der Waals surface area contributed by atoms with Crippen LogP contribution in [-0.4, -0.2) is 5.94 Å². The van der Waals surface area contributed by atoms with Crippen LogP contribution >= 0.6 is 0 Å². The first kappa shape index (κ1) is 18.2. The van der Waals surface area contributed by atoms with E-state index in [1.54, 1.807) is 5.94 Å². The number of allylic oxidation sites excluding steroid dienone is 3. The van der Waals surface area contributed by atoms with Gasteiger partial charge in [-0.3, -0.25) is 0 Å². The predicted molar refractivity (Wildman–Crippen MR) is 85.1 cm³/mol. The molecule has 0 aliphatic heterocycles. The summed E-state index contributed by atoms with van der Waals surface area (Å²) < 4.78 is 0. The highest BCUT2D eigenvalue weighted by atomic mass is 16.1. The first-order chi connectivity index (χ1) is 9.41. The van der Waals surface area contributed by atoms with Crippen molar-refractivity contribution < 1.29 is 4.79 Å². The lowest BCUT2D eigenvalue weighted by atomic mass is 10.1. The second-order valence-corrected chi connectivity index (χ2v) is 5.35. The van der Waals surface area contributed by atoms with Gasteiger partial charge in [-0.25, -0.2) is 4.79 Å². The van der Waals surface area contributed by atoms with E-state index < -0.39 is 0 Å². The van der Waals surface area contributed by atoms with Gasteiger partial charge in [-0.1, -0.05) is 83.3 Å². The average molecular weight is 264 g/mol. The maximum Gasteiger partial charge on any atom is 0.120 e. The zero-order valence-electron chi connectivity index (χ0n) is 12.8. The highest BCUT2D eigenvalue weighted by Crippen LogP contribution is 2.11. The van der Waals surface area contributed by atoms with Gasteiger partial charge in [0.25, 0.3) is 0 Å². The van der Waals surface area contributed by atoms with Crippen molar-refractivity contribution in [3.63, 3.8) is 0 Å². The first-order valence-electron chi connectivity index (χ1n) is 8.26. The molecule has 0 fully saturated rings. The Morgan fingerprint density at radius 1 is 0.737 bits per heavy atom. The molecule has 0 saturated carbocycles. The summed E-state index contributed by atoms with van der Waals surface area (Å²) in [7, 11) is 0.